The summed E-state index contributed by atoms with van der Waals surface area (Å²) in [4.78, 5) is 17.5. The lowest BCUT2D eigenvalue weighted by Crippen LogP contribution is -2.11. The molecule has 2 rings (SSSR count). The summed E-state index contributed by atoms with van der Waals surface area (Å²) < 4.78 is 12.7. The molecule has 1 aromatic carbocycles. The van der Waals surface area contributed by atoms with Gasteiger partial charge in [-0.3, -0.25) is 0 Å². The molecule has 0 unspecified atom stereocenters. The Morgan fingerprint density at radius 3 is 2.53 bits per heavy atom. The first-order chi connectivity index (χ1) is 7.15. The van der Waals surface area contributed by atoms with Crippen LogP contribution in [0.2, 0.25) is 0 Å². The van der Waals surface area contributed by atoms with E-state index in [0.29, 0.717) is 5.69 Å². The van der Waals surface area contributed by atoms with Crippen LogP contribution < -0.4 is 5.69 Å². The maximum atomic E-state index is 12.7. The predicted octanol–water partition coefficient (Wildman–Crippen LogP) is 1.88. The van der Waals surface area contributed by atoms with E-state index < -0.39 is 5.69 Å². The minimum atomic E-state index is -0.394. The van der Waals surface area contributed by atoms with E-state index in [4.69, 9.17) is 0 Å². The minimum Gasteiger partial charge on any atom is -0.310 e. The van der Waals surface area contributed by atoms with E-state index in [-0.39, 0.29) is 5.82 Å². The van der Waals surface area contributed by atoms with Gasteiger partial charge in [-0.1, -0.05) is 0 Å². The Bertz CT molecular complexity index is 531. The Morgan fingerprint density at radius 2 is 1.93 bits per heavy atom. The number of nitrogens with zero attached hydrogens (tertiary/aromatic N) is 1. The summed E-state index contributed by atoms with van der Waals surface area (Å²) in [6.07, 6.45) is 0. The zero-order chi connectivity index (χ0) is 10.8. The second-order valence-corrected chi connectivity index (χ2v) is 3.26. The molecule has 4 heteroatoms. The summed E-state index contributed by atoms with van der Waals surface area (Å²) in [6.45, 7) is 1.77. The van der Waals surface area contributed by atoms with Crippen molar-refractivity contribution in [1.82, 2.24) is 9.97 Å². The average Bonchev–Trinajstić information content (AvgIpc) is 2.17. The van der Waals surface area contributed by atoms with Gasteiger partial charge in [-0.05, 0) is 37.3 Å². The Morgan fingerprint density at radius 1 is 1.27 bits per heavy atom. The van der Waals surface area contributed by atoms with Gasteiger partial charge in [0, 0.05) is 11.3 Å². The number of benzene rings is 1. The summed E-state index contributed by atoms with van der Waals surface area (Å²) >= 11 is 0. The summed E-state index contributed by atoms with van der Waals surface area (Å²) in [6, 6.07) is 7.61. The Hall–Kier alpha value is -1.97. The lowest BCUT2D eigenvalue weighted by molar-refractivity contribution is 0.628. The first-order valence-corrected chi connectivity index (χ1v) is 4.49. The highest BCUT2D eigenvalue weighted by molar-refractivity contribution is 5.58. The van der Waals surface area contributed by atoms with Crippen molar-refractivity contribution in [2.45, 2.75) is 6.92 Å². The zero-order valence-electron chi connectivity index (χ0n) is 8.12. The Kier molecular flexibility index (Phi) is 2.33. The number of H-pyrrole nitrogens is 1. The van der Waals surface area contributed by atoms with Crippen LogP contribution in [-0.4, -0.2) is 9.97 Å². The maximum absolute atomic E-state index is 12.7. The molecular weight excluding hydrogens is 195 g/mol. The van der Waals surface area contributed by atoms with Crippen LogP contribution >= 0.6 is 0 Å². The van der Waals surface area contributed by atoms with Crippen molar-refractivity contribution in [1.29, 1.82) is 0 Å². The fraction of sp³-hybridized carbons (Fsp3) is 0.0909. The molecule has 2 aromatic rings. The van der Waals surface area contributed by atoms with Crippen molar-refractivity contribution in [3.05, 3.63) is 52.3 Å². The minimum absolute atomic E-state index is 0.305. The Balaban J connectivity index is 2.54. The fourth-order valence-electron chi connectivity index (χ4n) is 1.35. The van der Waals surface area contributed by atoms with Crippen molar-refractivity contribution in [2.24, 2.45) is 0 Å². The third-order valence-electron chi connectivity index (χ3n) is 2.02. The molecule has 0 saturated heterocycles. The van der Waals surface area contributed by atoms with E-state index in [1.54, 1.807) is 25.1 Å². The van der Waals surface area contributed by atoms with Gasteiger partial charge < -0.3 is 4.98 Å². The van der Waals surface area contributed by atoms with Crippen LogP contribution in [0.15, 0.2) is 35.1 Å². The summed E-state index contributed by atoms with van der Waals surface area (Å²) in [5.74, 6) is -0.305. The number of halogens is 1. The van der Waals surface area contributed by atoms with Crippen LogP contribution in [0, 0.1) is 12.7 Å². The molecular formula is C11H9FN2O. The third kappa shape index (κ3) is 2.10. The number of aryl methyl sites for hydroxylation is 1. The molecule has 0 fully saturated rings. The molecule has 15 heavy (non-hydrogen) atoms. The molecule has 1 aromatic heterocycles. The van der Waals surface area contributed by atoms with Crippen LogP contribution in [0.1, 0.15) is 5.69 Å². The van der Waals surface area contributed by atoms with Gasteiger partial charge in [0.15, 0.2) is 0 Å². The molecule has 0 aliphatic rings. The molecule has 0 spiro atoms. The first kappa shape index (κ1) is 9.58. The summed E-state index contributed by atoms with van der Waals surface area (Å²) in [5, 5.41) is 0. The van der Waals surface area contributed by atoms with Gasteiger partial charge in [0.25, 0.3) is 0 Å². The van der Waals surface area contributed by atoms with Crippen LogP contribution in [0.4, 0.5) is 4.39 Å². The third-order valence-corrected chi connectivity index (χ3v) is 2.02. The average molecular weight is 204 g/mol. The van der Waals surface area contributed by atoms with E-state index in [2.05, 4.69) is 9.97 Å². The highest BCUT2D eigenvalue weighted by atomic mass is 19.1. The number of nitrogens with one attached hydrogen (secondary N) is 1. The van der Waals surface area contributed by atoms with Crippen molar-refractivity contribution in [3.63, 3.8) is 0 Å². The number of aromatic nitrogens is 2. The number of hydrogen-bond acceptors (Lipinski definition) is 2. The van der Waals surface area contributed by atoms with Gasteiger partial charge in [0.1, 0.15) is 5.82 Å². The monoisotopic (exact) mass is 204 g/mol. The van der Waals surface area contributed by atoms with Crippen LogP contribution in [0.5, 0.6) is 0 Å². The second kappa shape index (κ2) is 3.65. The normalized spacial score (nSPS) is 10.3. The largest absolute Gasteiger partial charge is 0.345 e. The molecule has 0 bridgehead atoms. The fourth-order valence-corrected chi connectivity index (χ4v) is 1.35. The molecule has 0 aliphatic carbocycles. The quantitative estimate of drug-likeness (QED) is 0.770. The number of aromatic amines is 1. The second-order valence-electron chi connectivity index (χ2n) is 3.26. The molecule has 1 N–H and O–H groups in total. The maximum Gasteiger partial charge on any atom is 0.345 e. The zero-order valence-corrected chi connectivity index (χ0v) is 8.12. The van der Waals surface area contributed by atoms with Crippen LogP contribution in [0.25, 0.3) is 11.3 Å². The first-order valence-electron chi connectivity index (χ1n) is 4.49. The topological polar surface area (TPSA) is 45.8 Å². The molecule has 0 amide bonds. The SMILES string of the molecule is Cc1cc(-c2ccc(F)cc2)nc(=O)[nH]1. The van der Waals surface area contributed by atoms with Gasteiger partial charge >= 0.3 is 5.69 Å². The standard InChI is InChI=1S/C11H9FN2O/c1-7-6-10(14-11(15)13-7)8-2-4-9(12)5-3-8/h2-6H,1H3,(H,13,14,15). The summed E-state index contributed by atoms with van der Waals surface area (Å²) in [5.41, 5.74) is 1.62. The number of rotatable bonds is 1. The van der Waals surface area contributed by atoms with Crippen LogP contribution in [-0.2, 0) is 0 Å². The van der Waals surface area contributed by atoms with Gasteiger partial charge in [-0.25, -0.2) is 9.18 Å². The number of hydrogen-bond donors (Lipinski definition) is 1. The molecule has 0 radical (unpaired) electrons. The van der Waals surface area contributed by atoms with Gasteiger partial charge in [0.2, 0.25) is 0 Å². The summed E-state index contributed by atoms with van der Waals surface area (Å²) in [7, 11) is 0. The van der Waals surface area contributed by atoms with Crippen molar-refractivity contribution >= 4 is 0 Å². The smallest absolute Gasteiger partial charge is 0.310 e. The van der Waals surface area contributed by atoms with E-state index in [0.717, 1.165) is 11.3 Å². The van der Waals surface area contributed by atoms with Crippen molar-refractivity contribution < 1.29 is 4.39 Å². The molecule has 76 valence electrons. The molecule has 0 aliphatic heterocycles. The molecule has 0 atom stereocenters. The van der Waals surface area contributed by atoms with E-state index in [1.165, 1.54) is 12.1 Å². The molecule has 0 saturated carbocycles. The highest BCUT2D eigenvalue weighted by Gasteiger charge is 2.01. The molecule has 3 nitrogen and oxygen atoms in total. The highest BCUT2D eigenvalue weighted by Crippen LogP contribution is 2.15. The van der Waals surface area contributed by atoms with Crippen LogP contribution in [0.3, 0.4) is 0 Å². The van der Waals surface area contributed by atoms with E-state index in [9.17, 15) is 9.18 Å². The molecule has 1 heterocycles. The van der Waals surface area contributed by atoms with E-state index >= 15 is 0 Å². The van der Waals surface area contributed by atoms with Gasteiger partial charge in [-0.2, -0.15) is 4.98 Å². The van der Waals surface area contributed by atoms with Gasteiger partial charge in [-0.15, -0.1) is 0 Å². The van der Waals surface area contributed by atoms with Crippen molar-refractivity contribution in [3.8, 4) is 11.3 Å². The van der Waals surface area contributed by atoms with E-state index in [1.807, 2.05) is 0 Å². The Labute approximate surface area is 85.6 Å². The lowest BCUT2D eigenvalue weighted by atomic mass is 10.1. The lowest BCUT2D eigenvalue weighted by Gasteiger charge is -2.00. The van der Waals surface area contributed by atoms with Crippen molar-refractivity contribution in [2.75, 3.05) is 0 Å². The predicted molar refractivity (Wildman–Crippen MR) is 55.0 cm³/mol. The van der Waals surface area contributed by atoms with Gasteiger partial charge in [0.05, 0.1) is 5.69 Å².